The minimum atomic E-state index is -0.0969. The first kappa shape index (κ1) is 19.9. The topological polar surface area (TPSA) is 79.6 Å². The zero-order valence-electron chi connectivity index (χ0n) is 18.0. The number of rotatable bonds is 6. The lowest BCUT2D eigenvalue weighted by Crippen LogP contribution is -2.42. The number of imidazole rings is 1. The van der Waals surface area contributed by atoms with Crippen molar-refractivity contribution in [2.75, 3.05) is 0 Å². The molecule has 2 heterocycles. The summed E-state index contributed by atoms with van der Waals surface area (Å²) in [6.45, 7) is 3.60. The summed E-state index contributed by atoms with van der Waals surface area (Å²) < 4.78 is 0. The molecule has 0 bridgehead atoms. The van der Waals surface area contributed by atoms with Gasteiger partial charge in [0, 0.05) is 25.7 Å². The molecule has 1 atom stereocenters. The molecule has 1 aliphatic carbocycles. The van der Waals surface area contributed by atoms with Gasteiger partial charge in [-0.3, -0.25) is 4.98 Å². The summed E-state index contributed by atoms with van der Waals surface area (Å²) >= 11 is 0. The van der Waals surface area contributed by atoms with Crippen molar-refractivity contribution in [2.24, 2.45) is 5.73 Å². The van der Waals surface area contributed by atoms with Crippen LogP contribution in [0.15, 0.2) is 60.8 Å². The number of aryl methyl sites for hydroxylation is 1. The minimum absolute atomic E-state index is 0.0969. The van der Waals surface area contributed by atoms with Gasteiger partial charge in [-0.25, -0.2) is 4.98 Å². The molecule has 4 aromatic rings. The van der Waals surface area contributed by atoms with E-state index in [2.05, 4.69) is 47.6 Å². The number of nitrogens with zero attached hydrogens (tertiary/aromatic N) is 2. The number of aromatic amines is 1. The second-order valence-electron chi connectivity index (χ2n) is 8.73. The highest BCUT2D eigenvalue weighted by Gasteiger charge is 2.32. The highest BCUT2D eigenvalue weighted by Crippen LogP contribution is 2.33. The number of hydrogen-bond donors (Lipinski definition) is 3. The van der Waals surface area contributed by atoms with Crippen LogP contribution < -0.4 is 11.1 Å². The van der Waals surface area contributed by atoms with Crippen LogP contribution in [0.3, 0.4) is 0 Å². The Bertz CT molecular complexity index is 1180. The molecule has 2 aromatic heterocycles. The van der Waals surface area contributed by atoms with E-state index in [0.717, 1.165) is 42.7 Å². The number of aromatic nitrogens is 3. The fraction of sp³-hybridized carbons (Fsp3) is 0.308. The van der Waals surface area contributed by atoms with E-state index < -0.39 is 0 Å². The van der Waals surface area contributed by atoms with E-state index in [0.29, 0.717) is 6.54 Å². The summed E-state index contributed by atoms with van der Waals surface area (Å²) in [5, 5.41) is 3.80. The van der Waals surface area contributed by atoms with E-state index in [9.17, 15) is 0 Å². The van der Waals surface area contributed by atoms with E-state index in [-0.39, 0.29) is 5.54 Å². The van der Waals surface area contributed by atoms with Crippen LogP contribution >= 0.6 is 0 Å². The molecule has 0 aliphatic heterocycles. The third kappa shape index (κ3) is 3.99. The molecule has 5 heteroatoms. The first-order valence-corrected chi connectivity index (χ1v) is 11.1. The maximum absolute atomic E-state index is 6.04. The van der Waals surface area contributed by atoms with Gasteiger partial charge in [-0.2, -0.15) is 0 Å². The quantitative estimate of drug-likeness (QED) is 0.441. The first-order chi connectivity index (χ1) is 15.1. The lowest BCUT2D eigenvalue weighted by atomic mass is 9.81. The molecule has 2 aromatic carbocycles. The van der Waals surface area contributed by atoms with Crippen LogP contribution in [-0.4, -0.2) is 15.0 Å². The van der Waals surface area contributed by atoms with Crippen LogP contribution in [0.5, 0.6) is 0 Å². The Morgan fingerprint density at radius 3 is 2.87 bits per heavy atom. The molecule has 4 N–H and O–H groups in total. The molecule has 158 valence electrons. The summed E-state index contributed by atoms with van der Waals surface area (Å²) in [5.74, 6) is 0.971. The number of fused-ring (bicyclic) bond motifs is 2. The number of para-hydroxylation sites is 2. The number of nitrogens with two attached hydrogens (primary N) is 1. The standard InChI is InChI=1S/C26H29N5/c1-26(12-4-6-19-7-5-13-28-25(19)26)29-17-18-10-11-20(16-27)21(14-18)15-24-30-22-8-2-3-9-23(22)31-24/h2-3,5,7-11,13-14,29H,4,6,12,15-17,27H2,1H3,(H,30,31). The number of benzene rings is 2. The van der Waals surface area contributed by atoms with Crippen molar-refractivity contribution in [1.82, 2.24) is 20.3 Å². The van der Waals surface area contributed by atoms with Gasteiger partial charge in [-0.15, -0.1) is 0 Å². The van der Waals surface area contributed by atoms with E-state index in [4.69, 9.17) is 15.7 Å². The van der Waals surface area contributed by atoms with Gasteiger partial charge in [-0.1, -0.05) is 36.4 Å². The predicted molar refractivity (Wildman–Crippen MR) is 125 cm³/mol. The molecule has 0 spiro atoms. The highest BCUT2D eigenvalue weighted by atomic mass is 15.0. The van der Waals surface area contributed by atoms with Crippen molar-refractivity contribution in [1.29, 1.82) is 0 Å². The second kappa shape index (κ2) is 8.25. The van der Waals surface area contributed by atoms with Gasteiger partial charge in [-0.05, 0) is 66.6 Å². The van der Waals surface area contributed by atoms with Crippen molar-refractivity contribution >= 4 is 11.0 Å². The van der Waals surface area contributed by atoms with Crippen molar-refractivity contribution in [3.63, 3.8) is 0 Å². The van der Waals surface area contributed by atoms with Crippen molar-refractivity contribution < 1.29 is 0 Å². The molecule has 5 nitrogen and oxygen atoms in total. The van der Waals surface area contributed by atoms with Crippen LogP contribution in [0.1, 0.15) is 53.5 Å². The van der Waals surface area contributed by atoms with Crippen molar-refractivity contribution in [3.8, 4) is 0 Å². The zero-order chi connectivity index (χ0) is 21.3. The molecular weight excluding hydrogens is 382 g/mol. The normalized spacial score (nSPS) is 18.3. The molecule has 1 aliphatic rings. The van der Waals surface area contributed by atoms with E-state index in [1.165, 1.54) is 34.4 Å². The lowest BCUT2D eigenvalue weighted by Gasteiger charge is -2.36. The molecule has 1 unspecified atom stereocenters. The number of H-pyrrole nitrogens is 1. The van der Waals surface area contributed by atoms with Crippen LogP contribution in [0.4, 0.5) is 0 Å². The van der Waals surface area contributed by atoms with Crippen LogP contribution in [0.25, 0.3) is 11.0 Å². The van der Waals surface area contributed by atoms with Gasteiger partial charge in [0.2, 0.25) is 0 Å². The van der Waals surface area contributed by atoms with Gasteiger partial charge in [0.25, 0.3) is 0 Å². The first-order valence-electron chi connectivity index (χ1n) is 11.1. The Kier molecular flexibility index (Phi) is 5.30. The Morgan fingerprint density at radius 2 is 2.00 bits per heavy atom. The smallest absolute Gasteiger partial charge is 0.111 e. The molecule has 0 saturated heterocycles. The number of hydrogen-bond acceptors (Lipinski definition) is 4. The van der Waals surface area contributed by atoms with Gasteiger partial charge < -0.3 is 16.0 Å². The van der Waals surface area contributed by atoms with Crippen LogP contribution in [-0.2, 0) is 31.5 Å². The molecule has 31 heavy (non-hydrogen) atoms. The Morgan fingerprint density at radius 1 is 1.10 bits per heavy atom. The third-order valence-corrected chi connectivity index (χ3v) is 6.51. The highest BCUT2D eigenvalue weighted by molar-refractivity contribution is 5.74. The van der Waals surface area contributed by atoms with E-state index in [1.807, 2.05) is 30.5 Å². The molecule has 0 fully saturated rings. The fourth-order valence-corrected chi connectivity index (χ4v) is 4.78. The minimum Gasteiger partial charge on any atom is -0.342 e. The van der Waals surface area contributed by atoms with E-state index in [1.54, 1.807) is 0 Å². The Hall–Kier alpha value is -3.02. The van der Waals surface area contributed by atoms with Gasteiger partial charge in [0.05, 0.1) is 22.3 Å². The average molecular weight is 412 g/mol. The summed E-state index contributed by atoms with van der Waals surface area (Å²) in [5.41, 5.74) is 14.2. The number of pyridine rings is 1. The van der Waals surface area contributed by atoms with Crippen LogP contribution in [0.2, 0.25) is 0 Å². The maximum Gasteiger partial charge on any atom is 0.111 e. The summed E-state index contributed by atoms with van der Waals surface area (Å²) in [7, 11) is 0. The predicted octanol–water partition coefficient (Wildman–Crippen LogP) is 4.35. The van der Waals surface area contributed by atoms with Gasteiger partial charge >= 0.3 is 0 Å². The second-order valence-corrected chi connectivity index (χ2v) is 8.73. The summed E-state index contributed by atoms with van der Waals surface area (Å²) in [4.78, 5) is 12.9. The largest absolute Gasteiger partial charge is 0.342 e. The molecule has 0 radical (unpaired) electrons. The fourth-order valence-electron chi connectivity index (χ4n) is 4.78. The monoisotopic (exact) mass is 411 g/mol. The molecular formula is C26H29N5. The van der Waals surface area contributed by atoms with E-state index >= 15 is 0 Å². The lowest BCUT2D eigenvalue weighted by molar-refractivity contribution is 0.301. The Labute approximate surface area is 183 Å². The van der Waals surface area contributed by atoms with Gasteiger partial charge in [0.15, 0.2) is 0 Å². The third-order valence-electron chi connectivity index (χ3n) is 6.51. The molecule has 0 amide bonds. The van der Waals surface area contributed by atoms with Crippen molar-refractivity contribution in [2.45, 2.75) is 51.2 Å². The Balaban J connectivity index is 1.37. The molecule has 5 rings (SSSR count). The average Bonchev–Trinajstić information content (AvgIpc) is 3.21. The van der Waals surface area contributed by atoms with Crippen molar-refractivity contribution in [3.05, 3.63) is 94.6 Å². The van der Waals surface area contributed by atoms with Gasteiger partial charge in [0.1, 0.15) is 5.82 Å². The zero-order valence-corrected chi connectivity index (χ0v) is 18.0. The SMILES string of the molecule is CC1(NCc2ccc(CN)c(Cc3nc4ccccc4[nH]3)c2)CCCc2cccnc21. The molecule has 0 saturated carbocycles. The summed E-state index contributed by atoms with van der Waals surface area (Å²) in [6.07, 6.45) is 6.06. The van der Waals surface area contributed by atoms with Crippen LogP contribution in [0, 0.1) is 0 Å². The maximum atomic E-state index is 6.04. The number of nitrogens with one attached hydrogen (secondary N) is 2. The summed E-state index contributed by atoms with van der Waals surface area (Å²) in [6, 6.07) is 19.0.